The van der Waals surface area contributed by atoms with E-state index in [2.05, 4.69) is 11.8 Å². The van der Waals surface area contributed by atoms with Gasteiger partial charge >= 0.3 is 0 Å². The second-order valence-corrected chi connectivity index (χ2v) is 4.34. The van der Waals surface area contributed by atoms with Crippen LogP contribution in [0.5, 0.6) is 0 Å². The molecule has 0 radical (unpaired) electrons. The number of hydrogen-bond acceptors (Lipinski definition) is 4. The summed E-state index contributed by atoms with van der Waals surface area (Å²) in [5, 5.41) is 0. The molecule has 0 bridgehead atoms. The molecule has 0 aliphatic carbocycles. The van der Waals surface area contributed by atoms with Gasteiger partial charge in [0.2, 0.25) is 5.91 Å². The summed E-state index contributed by atoms with van der Waals surface area (Å²) in [5.74, 6) is 0.193. The molecule has 2 N–H and O–H groups in total. The van der Waals surface area contributed by atoms with Crippen LogP contribution in [0.1, 0.15) is 26.7 Å². The van der Waals surface area contributed by atoms with E-state index in [1.807, 2.05) is 14.0 Å². The number of likely N-dealkylation sites (N-methyl/N-ethyl adjacent to an activating group) is 1. The summed E-state index contributed by atoms with van der Waals surface area (Å²) in [7, 11) is 1.84. The van der Waals surface area contributed by atoms with Crippen molar-refractivity contribution in [1.29, 1.82) is 0 Å². The molecular formula is C13H29N3O2. The van der Waals surface area contributed by atoms with Crippen LogP contribution in [0.15, 0.2) is 0 Å². The van der Waals surface area contributed by atoms with Crippen molar-refractivity contribution in [3.05, 3.63) is 0 Å². The average molecular weight is 259 g/mol. The van der Waals surface area contributed by atoms with Gasteiger partial charge in [0.1, 0.15) is 0 Å². The Kier molecular flexibility index (Phi) is 11.0. The first-order valence-corrected chi connectivity index (χ1v) is 6.89. The summed E-state index contributed by atoms with van der Waals surface area (Å²) < 4.78 is 5.32. The van der Waals surface area contributed by atoms with E-state index < -0.39 is 0 Å². The second-order valence-electron chi connectivity index (χ2n) is 4.34. The molecule has 0 aromatic heterocycles. The lowest BCUT2D eigenvalue weighted by Gasteiger charge is -2.22. The van der Waals surface area contributed by atoms with E-state index >= 15 is 0 Å². The van der Waals surface area contributed by atoms with Crippen molar-refractivity contribution in [2.75, 3.05) is 53.0 Å². The highest BCUT2D eigenvalue weighted by molar-refractivity contribution is 5.76. The van der Waals surface area contributed by atoms with Crippen molar-refractivity contribution in [3.8, 4) is 0 Å². The highest BCUT2D eigenvalue weighted by Crippen LogP contribution is 1.97. The minimum atomic E-state index is 0.193. The van der Waals surface area contributed by atoms with Gasteiger partial charge in [0.05, 0.1) is 6.61 Å². The van der Waals surface area contributed by atoms with Crippen LogP contribution in [0.25, 0.3) is 0 Å². The number of ether oxygens (including phenoxy) is 1. The number of hydrogen-bond donors (Lipinski definition) is 1. The van der Waals surface area contributed by atoms with Gasteiger partial charge in [0, 0.05) is 39.7 Å². The standard InChI is InChI=1S/C13H29N3O2/c1-4-16(11-12-18-5-2)10-7-13(17)15(3)9-6-8-14/h4-12,14H2,1-3H3. The largest absolute Gasteiger partial charge is 0.380 e. The third-order valence-corrected chi connectivity index (χ3v) is 2.97. The quantitative estimate of drug-likeness (QED) is 0.550. The van der Waals surface area contributed by atoms with Gasteiger partial charge in [-0.2, -0.15) is 0 Å². The van der Waals surface area contributed by atoms with E-state index in [0.29, 0.717) is 13.0 Å². The van der Waals surface area contributed by atoms with Crippen LogP contribution in [-0.4, -0.2) is 68.7 Å². The lowest BCUT2D eigenvalue weighted by Crippen LogP contribution is -2.34. The van der Waals surface area contributed by atoms with E-state index in [-0.39, 0.29) is 5.91 Å². The van der Waals surface area contributed by atoms with Crippen LogP contribution >= 0.6 is 0 Å². The Bertz CT molecular complexity index is 212. The zero-order valence-electron chi connectivity index (χ0n) is 12.2. The molecule has 18 heavy (non-hydrogen) atoms. The van der Waals surface area contributed by atoms with E-state index in [0.717, 1.165) is 45.8 Å². The van der Waals surface area contributed by atoms with Crippen molar-refractivity contribution < 1.29 is 9.53 Å². The Labute approximate surface area is 111 Å². The minimum absolute atomic E-state index is 0.193. The Hall–Kier alpha value is -0.650. The molecule has 5 heteroatoms. The maximum Gasteiger partial charge on any atom is 0.223 e. The first-order valence-electron chi connectivity index (χ1n) is 6.89. The lowest BCUT2D eigenvalue weighted by molar-refractivity contribution is -0.130. The Morgan fingerprint density at radius 2 is 1.94 bits per heavy atom. The van der Waals surface area contributed by atoms with E-state index in [9.17, 15) is 4.79 Å². The molecule has 0 unspecified atom stereocenters. The fourth-order valence-electron chi connectivity index (χ4n) is 1.66. The molecule has 0 heterocycles. The Balaban J connectivity index is 3.78. The van der Waals surface area contributed by atoms with Crippen LogP contribution in [-0.2, 0) is 9.53 Å². The van der Waals surface area contributed by atoms with Crippen LogP contribution in [0, 0.1) is 0 Å². The molecule has 0 spiro atoms. The summed E-state index contributed by atoms with van der Waals surface area (Å²) in [6.45, 7) is 9.61. The number of nitrogens with zero attached hydrogens (tertiary/aromatic N) is 2. The highest BCUT2D eigenvalue weighted by Gasteiger charge is 2.10. The number of rotatable bonds is 11. The Morgan fingerprint density at radius 1 is 1.22 bits per heavy atom. The van der Waals surface area contributed by atoms with Gasteiger partial charge in [-0.1, -0.05) is 6.92 Å². The monoisotopic (exact) mass is 259 g/mol. The molecule has 5 nitrogen and oxygen atoms in total. The van der Waals surface area contributed by atoms with Crippen molar-refractivity contribution in [1.82, 2.24) is 9.80 Å². The van der Waals surface area contributed by atoms with E-state index in [1.54, 1.807) is 4.90 Å². The maximum atomic E-state index is 11.8. The summed E-state index contributed by atoms with van der Waals surface area (Å²) in [5.41, 5.74) is 5.43. The summed E-state index contributed by atoms with van der Waals surface area (Å²) >= 11 is 0. The number of carbonyl (C=O) groups is 1. The van der Waals surface area contributed by atoms with Gasteiger partial charge in [0.25, 0.3) is 0 Å². The maximum absolute atomic E-state index is 11.8. The molecule has 0 fully saturated rings. The molecule has 0 aliphatic rings. The average Bonchev–Trinajstić information content (AvgIpc) is 2.39. The van der Waals surface area contributed by atoms with Gasteiger partial charge in [-0.25, -0.2) is 0 Å². The molecule has 0 rings (SSSR count). The molecule has 0 aliphatic heterocycles. The van der Waals surface area contributed by atoms with Gasteiger partial charge in [0.15, 0.2) is 0 Å². The molecule has 0 saturated heterocycles. The zero-order chi connectivity index (χ0) is 13.8. The van der Waals surface area contributed by atoms with E-state index in [1.165, 1.54) is 0 Å². The van der Waals surface area contributed by atoms with Gasteiger partial charge in [-0.05, 0) is 26.4 Å². The van der Waals surface area contributed by atoms with Gasteiger partial charge in [-0.3, -0.25) is 4.79 Å². The smallest absolute Gasteiger partial charge is 0.223 e. The molecular weight excluding hydrogens is 230 g/mol. The van der Waals surface area contributed by atoms with Crippen molar-refractivity contribution >= 4 is 5.91 Å². The lowest BCUT2D eigenvalue weighted by atomic mass is 10.3. The third-order valence-electron chi connectivity index (χ3n) is 2.97. The first-order chi connectivity index (χ1) is 8.65. The summed E-state index contributed by atoms with van der Waals surface area (Å²) in [4.78, 5) is 15.8. The fourth-order valence-corrected chi connectivity index (χ4v) is 1.66. The fraction of sp³-hybridized carbons (Fsp3) is 0.923. The van der Waals surface area contributed by atoms with E-state index in [4.69, 9.17) is 10.5 Å². The van der Waals surface area contributed by atoms with Crippen molar-refractivity contribution in [2.45, 2.75) is 26.7 Å². The minimum Gasteiger partial charge on any atom is -0.380 e. The third kappa shape index (κ3) is 8.44. The number of carbonyl (C=O) groups excluding carboxylic acids is 1. The topological polar surface area (TPSA) is 58.8 Å². The normalized spacial score (nSPS) is 10.9. The van der Waals surface area contributed by atoms with Crippen molar-refractivity contribution in [2.24, 2.45) is 5.73 Å². The predicted octanol–water partition coefficient (Wildman–Crippen LogP) is 0.542. The Morgan fingerprint density at radius 3 is 2.50 bits per heavy atom. The predicted molar refractivity (Wildman–Crippen MR) is 74.5 cm³/mol. The SMILES string of the molecule is CCOCCN(CC)CCC(=O)N(C)CCCN. The van der Waals surface area contributed by atoms with Crippen LogP contribution in [0.4, 0.5) is 0 Å². The first kappa shape index (κ1) is 17.4. The summed E-state index contributed by atoms with van der Waals surface area (Å²) in [6, 6.07) is 0. The van der Waals surface area contributed by atoms with Crippen LogP contribution < -0.4 is 5.73 Å². The molecule has 1 amide bonds. The highest BCUT2D eigenvalue weighted by atomic mass is 16.5. The second kappa shape index (κ2) is 11.4. The van der Waals surface area contributed by atoms with Crippen LogP contribution in [0.2, 0.25) is 0 Å². The van der Waals surface area contributed by atoms with Gasteiger partial charge < -0.3 is 20.3 Å². The summed E-state index contributed by atoms with van der Waals surface area (Å²) in [6.07, 6.45) is 1.44. The zero-order valence-corrected chi connectivity index (χ0v) is 12.2. The molecule has 108 valence electrons. The molecule has 0 atom stereocenters. The molecule has 0 saturated carbocycles. The number of nitrogens with two attached hydrogens (primary N) is 1. The van der Waals surface area contributed by atoms with Crippen molar-refractivity contribution in [3.63, 3.8) is 0 Å². The van der Waals surface area contributed by atoms with Gasteiger partial charge in [-0.15, -0.1) is 0 Å². The molecule has 0 aromatic carbocycles. The van der Waals surface area contributed by atoms with Crippen LogP contribution in [0.3, 0.4) is 0 Å². The number of amides is 1. The molecule has 0 aromatic rings.